The summed E-state index contributed by atoms with van der Waals surface area (Å²) in [5.74, 6) is 0.0788. The highest BCUT2D eigenvalue weighted by Gasteiger charge is 2.27. The molecule has 0 aromatic heterocycles. The third-order valence-electron chi connectivity index (χ3n) is 2.35. The van der Waals surface area contributed by atoms with E-state index in [4.69, 9.17) is 4.74 Å². The zero-order chi connectivity index (χ0) is 8.97. The van der Waals surface area contributed by atoms with Gasteiger partial charge in [-0.2, -0.15) is 0 Å². The number of carbonyl (C=O) groups is 1. The van der Waals surface area contributed by atoms with Crippen molar-refractivity contribution < 1.29 is 9.53 Å². The van der Waals surface area contributed by atoms with Crippen LogP contribution in [0, 0.1) is 5.92 Å². The molecule has 0 radical (unpaired) electrons. The molecule has 0 N–H and O–H groups in total. The molecule has 0 spiro atoms. The summed E-state index contributed by atoms with van der Waals surface area (Å²) in [4.78, 5) is 13.4. The highest BCUT2D eigenvalue weighted by atomic mass is 16.5. The average Bonchev–Trinajstić information content (AvgIpc) is 2.52. The molecule has 0 aromatic carbocycles. The molecule has 1 aliphatic heterocycles. The van der Waals surface area contributed by atoms with Crippen molar-refractivity contribution in [2.24, 2.45) is 5.92 Å². The predicted molar refractivity (Wildman–Crippen MR) is 46.9 cm³/mol. The van der Waals surface area contributed by atoms with Gasteiger partial charge >= 0.3 is 5.97 Å². The van der Waals surface area contributed by atoms with Crippen molar-refractivity contribution >= 4 is 5.97 Å². The molecule has 0 amide bonds. The minimum atomic E-state index is -0.0476. The number of methoxy groups -OCH3 is 1. The molecule has 70 valence electrons. The molecule has 1 rings (SSSR count). The third kappa shape index (κ3) is 2.21. The normalized spacial score (nSPS) is 24.3. The quantitative estimate of drug-likeness (QED) is 0.591. The number of nitrogens with zero attached hydrogens (tertiary/aromatic N) is 1. The fourth-order valence-electron chi connectivity index (χ4n) is 1.71. The molecule has 1 atom stereocenters. The van der Waals surface area contributed by atoms with Crippen LogP contribution in [0.1, 0.15) is 19.8 Å². The summed E-state index contributed by atoms with van der Waals surface area (Å²) in [5, 5.41) is 0. The lowest BCUT2D eigenvalue weighted by Crippen LogP contribution is -2.24. The standard InChI is InChI=1S/C9H17NO2/c1-3-5-10-6-4-8(7-10)9(11)12-2/h8H,3-7H2,1-2H3/t8-/m1/s1. The van der Waals surface area contributed by atoms with Crippen LogP contribution in [0.2, 0.25) is 0 Å². The van der Waals surface area contributed by atoms with E-state index in [-0.39, 0.29) is 11.9 Å². The van der Waals surface area contributed by atoms with Crippen molar-refractivity contribution in [3.05, 3.63) is 0 Å². The average molecular weight is 171 g/mol. The predicted octanol–water partition coefficient (Wildman–Crippen LogP) is 0.891. The van der Waals surface area contributed by atoms with E-state index in [0.717, 1.165) is 32.5 Å². The van der Waals surface area contributed by atoms with E-state index in [1.807, 2.05) is 0 Å². The molecule has 0 aliphatic carbocycles. The zero-order valence-electron chi connectivity index (χ0n) is 7.88. The second-order valence-electron chi connectivity index (χ2n) is 3.31. The van der Waals surface area contributed by atoms with Gasteiger partial charge in [-0.15, -0.1) is 0 Å². The third-order valence-corrected chi connectivity index (χ3v) is 2.35. The number of rotatable bonds is 3. The topological polar surface area (TPSA) is 29.5 Å². The Morgan fingerprint density at radius 1 is 1.67 bits per heavy atom. The fourth-order valence-corrected chi connectivity index (χ4v) is 1.71. The Bertz CT molecular complexity index is 159. The zero-order valence-corrected chi connectivity index (χ0v) is 7.88. The van der Waals surface area contributed by atoms with Gasteiger partial charge in [0.1, 0.15) is 0 Å². The second-order valence-corrected chi connectivity index (χ2v) is 3.31. The summed E-state index contributed by atoms with van der Waals surface area (Å²) < 4.78 is 4.69. The van der Waals surface area contributed by atoms with Crippen LogP contribution in [0.4, 0.5) is 0 Å². The lowest BCUT2D eigenvalue weighted by Gasteiger charge is -2.13. The van der Waals surface area contributed by atoms with Crippen molar-refractivity contribution in [3.8, 4) is 0 Å². The number of ether oxygens (including phenoxy) is 1. The Labute approximate surface area is 73.7 Å². The van der Waals surface area contributed by atoms with Crippen LogP contribution in [0.3, 0.4) is 0 Å². The van der Waals surface area contributed by atoms with Crippen molar-refractivity contribution in [2.75, 3.05) is 26.7 Å². The minimum absolute atomic E-state index is 0.0476. The van der Waals surface area contributed by atoms with Crippen LogP contribution < -0.4 is 0 Å². The molecule has 1 fully saturated rings. The Morgan fingerprint density at radius 2 is 2.42 bits per heavy atom. The van der Waals surface area contributed by atoms with Gasteiger partial charge in [-0.25, -0.2) is 0 Å². The molecular weight excluding hydrogens is 154 g/mol. The highest BCUT2D eigenvalue weighted by Crippen LogP contribution is 2.17. The van der Waals surface area contributed by atoms with Gasteiger partial charge in [0, 0.05) is 6.54 Å². The maximum absolute atomic E-state index is 11.1. The van der Waals surface area contributed by atoms with Gasteiger partial charge in [0.25, 0.3) is 0 Å². The molecule has 0 bridgehead atoms. The summed E-state index contributed by atoms with van der Waals surface area (Å²) in [6, 6.07) is 0. The number of carbonyl (C=O) groups excluding carboxylic acids is 1. The number of likely N-dealkylation sites (tertiary alicyclic amines) is 1. The van der Waals surface area contributed by atoms with Crippen molar-refractivity contribution in [2.45, 2.75) is 19.8 Å². The van der Waals surface area contributed by atoms with Crippen LogP contribution >= 0.6 is 0 Å². The Balaban J connectivity index is 2.30. The van der Waals surface area contributed by atoms with Crippen LogP contribution in [0.5, 0.6) is 0 Å². The number of hydrogen-bond donors (Lipinski definition) is 0. The Hall–Kier alpha value is -0.570. The fraction of sp³-hybridized carbons (Fsp3) is 0.889. The molecule has 0 aromatic rings. The first kappa shape index (κ1) is 9.52. The van der Waals surface area contributed by atoms with Gasteiger partial charge in [-0.3, -0.25) is 4.79 Å². The van der Waals surface area contributed by atoms with Crippen LogP contribution in [0.25, 0.3) is 0 Å². The van der Waals surface area contributed by atoms with E-state index in [1.165, 1.54) is 7.11 Å². The van der Waals surface area contributed by atoms with Crippen molar-refractivity contribution in [3.63, 3.8) is 0 Å². The first-order chi connectivity index (χ1) is 5.77. The van der Waals surface area contributed by atoms with E-state index in [0.29, 0.717) is 0 Å². The van der Waals surface area contributed by atoms with E-state index >= 15 is 0 Å². The van der Waals surface area contributed by atoms with E-state index in [2.05, 4.69) is 11.8 Å². The maximum atomic E-state index is 11.1. The summed E-state index contributed by atoms with van der Waals surface area (Å²) >= 11 is 0. The molecule has 1 heterocycles. The lowest BCUT2D eigenvalue weighted by molar-refractivity contribution is -0.144. The summed E-state index contributed by atoms with van der Waals surface area (Å²) in [6.07, 6.45) is 2.13. The highest BCUT2D eigenvalue weighted by molar-refractivity contribution is 5.72. The first-order valence-corrected chi connectivity index (χ1v) is 4.58. The van der Waals surface area contributed by atoms with Gasteiger partial charge in [0.15, 0.2) is 0 Å². The summed E-state index contributed by atoms with van der Waals surface area (Å²) in [7, 11) is 1.46. The molecule has 3 heteroatoms. The summed E-state index contributed by atoms with van der Waals surface area (Å²) in [6.45, 7) is 5.20. The molecule has 1 aliphatic rings. The first-order valence-electron chi connectivity index (χ1n) is 4.58. The molecule has 0 unspecified atom stereocenters. The number of esters is 1. The lowest BCUT2D eigenvalue weighted by atomic mass is 10.1. The summed E-state index contributed by atoms with van der Waals surface area (Å²) in [5.41, 5.74) is 0. The Morgan fingerprint density at radius 3 is 3.00 bits per heavy atom. The second kappa shape index (κ2) is 4.45. The van der Waals surface area contributed by atoms with Gasteiger partial charge in [-0.1, -0.05) is 6.92 Å². The van der Waals surface area contributed by atoms with E-state index in [9.17, 15) is 4.79 Å². The van der Waals surface area contributed by atoms with Crippen LogP contribution in [-0.4, -0.2) is 37.6 Å². The van der Waals surface area contributed by atoms with Gasteiger partial charge in [-0.05, 0) is 25.9 Å². The largest absolute Gasteiger partial charge is 0.469 e. The molecule has 1 saturated heterocycles. The van der Waals surface area contributed by atoms with Crippen molar-refractivity contribution in [1.82, 2.24) is 4.90 Å². The van der Waals surface area contributed by atoms with Crippen molar-refractivity contribution in [1.29, 1.82) is 0 Å². The van der Waals surface area contributed by atoms with Gasteiger partial charge in [0.05, 0.1) is 13.0 Å². The molecule has 3 nitrogen and oxygen atoms in total. The van der Waals surface area contributed by atoms with E-state index < -0.39 is 0 Å². The number of hydrogen-bond acceptors (Lipinski definition) is 3. The monoisotopic (exact) mass is 171 g/mol. The van der Waals surface area contributed by atoms with Crippen LogP contribution in [0.15, 0.2) is 0 Å². The molecule has 12 heavy (non-hydrogen) atoms. The SMILES string of the molecule is CCCN1CC[C@@H](C(=O)OC)C1. The smallest absolute Gasteiger partial charge is 0.310 e. The molecule has 0 saturated carbocycles. The minimum Gasteiger partial charge on any atom is -0.469 e. The van der Waals surface area contributed by atoms with Crippen LogP contribution in [-0.2, 0) is 9.53 Å². The Kier molecular flexibility index (Phi) is 3.53. The van der Waals surface area contributed by atoms with Gasteiger partial charge < -0.3 is 9.64 Å². The van der Waals surface area contributed by atoms with E-state index in [1.54, 1.807) is 0 Å². The maximum Gasteiger partial charge on any atom is 0.310 e. The van der Waals surface area contributed by atoms with Gasteiger partial charge in [0.2, 0.25) is 0 Å². The molecular formula is C9H17NO2.